The van der Waals surface area contributed by atoms with Gasteiger partial charge in [0.25, 0.3) is 11.5 Å². The highest BCUT2D eigenvalue weighted by molar-refractivity contribution is 5.94. The zero-order valence-corrected chi connectivity index (χ0v) is 14.2. The molecule has 1 aliphatic rings. The van der Waals surface area contributed by atoms with Gasteiger partial charge in [0.15, 0.2) is 0 Å². The zero-order chi connectivity index (χ0) is 19.4. The van der Waals surface area contributed by atoms with Gasteiger partial charge in [0.2, 0.25) is 5.95 Å². The Hall–Kier alpha value is -2.88. The summed E-state index contributed by atoms with van der Waals surface area (Å²) in [7, 11) is 0. The Kier molecular flexibility index (Phi) is 5.45. The first-order valence-corrected chi connectivity index (χ1v) is 8.21. The predicted molar refractivity (Wildman–Crippen MR) is 90.5 cm³/mol. The van der Waals surface area contributed by atoms with E-state index in [9.17, 15) is 22.8 Å². The van der Waals surface area contributed by atoms with Crippen molar-refractivity contribution >= 4 is 11.9 Å². The van der Waals surface area contributed by atoms with Gasteiger partial charge in [0, 0.05) is 24.7 Å². The molecule has 1 aromatic heterocycles. The topological polar surface area (TPSA) is 87.3 Å². The number of ether oxygens (including phenoxy) is 1. The molecular weight excluding hydrogens is 365 g/mol. The lowest BCUT2D eigenvalue weighted by Gasteiger charge is -2.27. The van der Waals surface area contributed by atoms with Crippen molar-refractivity contribution in [3.05, 3.63) is 57.5 Å². The second-order valence-electron chi connectivity index (χ2n) is 5.92. The molecule has 0 aliphatic carbocycles. The molecule has 0 saturated carbocycles. The molecule has 10 heteroatoms. The number of nitrogens with one attached hydrogen (secondary N) is 2. The second-order valence-corrected chi connectivity index (χ2v) is 5.92. The normalized spacial score (nSPS) is 14.9. The number of aromatic amines is 1. The Morgan fingerprint density at radius 2 is 2.00 bits per heavy atom. The fraction of sp³-hybridized carbons (Fsp3) is 0.353. The summed E-state index contributed by atoms with van der Waals surface area (Å²) in [5.41, 5.74) is -1.10. The smallest absolute Gasteiger partial charge is 0.378 e. The molecule has 1 aliphatic heterocycles. The molecule has 1 saturated heterocycles. The molecule has 0 atom stereocenters. The molecule has 27 heavy (non-hydrogen) atoms. The Morgan fingerprint density at radius 3 is 2.70 bits per heavy atom. The van der Waals surface area contributed by atoms with Gasteiger partial charge in [-0.1, -0.05) is 6.07 Å². The van der Waals surface area contributed by atoms with E-state index in [4.69, 9.17) is 4.74 Å². The van der Waals surface area contributed by atoms with Crippen LogP contribution < -0.4 is 15.8 Å². The highest BCUT2D eigenvalue weighted by Crippen LogP contribution is 2.29. The maximum Gasteiger partial charge on any atom is 0.416 e. The van der Waals surface area contributed by atoms with Gasteiger partial charge in [0.1, 0.15) is 0 Å². The standard InChI is InChI=1S/C17H17F3N4O3/c18-17(19,20)12-3-1-2-11(8-12)15(26)21-10-13-9-14(25)23-16(22-13)24-4-6-27-7-5-24/h1-3,8-9H,4-7,10H2,(H,21,26)(H,22,23,25). The number of hydrogen-bond donors (Lipinski definition) is 2. The van der Waals surface area contributed by atoms with Gasteiger partial charge >= 0.3 is 6.18 Å². The highest BCUT2D eigenvalue weighted by Gasteiger charge is 2.30. The third-order valence-corrected chi connectivity index (χ3v) is 3.97. The number of carbonyl (C=O) groups is 1. The van der Waals surface area contributed by atoms with Crippen LogP contribution >= 0.6 is 0 Å². The number of hydrogen-bond acceptors (Lipinski definition) is 5. The van der Waals surface area contributed by atoms with E-state index in [1.165, 1.54) is 18.2 Å². The second kappa shape index (κ2) is 7.78. The summed E-state index contributed by atoms with van der Waals surface area (Å²) in [5.74, 6) is -0.315. The Labute approximate surface area is 152 Å². The van der Waals surface area contributed by atoms with Crippen LogP contribution in [0.3, 0.4) is 0 Å². The van der Waals surface area contributed by atoms with E-state index in [0.29, 0.717) is 37.9 Å². The zero-order valence-electron chi connectivity index (χ0n) is 14.2. The van der Waals surface area contributed by atoms with Gasteiger partial charge in [-0.05, 0) is 18.2 Å². The fourth-order valence-corrected chi connectivity index (χ4v) is 2.62. The molecule has 3 rings (SSSR count). The summed E-state index contributed by atoms with van der Waals surface area (Å²) in [5, 5.41) is 2.49. The summed E-state index contributed by atoms with van der Waals surface area (Å²) in [4.78, 5) is 32.8. The number of carbonyl (C=O) groups excluding carboxylic acids is 1. The summed E-state index contributed by atoms with van der Waals surface area (Å²) >= 11 is 0. The van der Waals surface area contributed by atoms with E-state index in [0.717, 1.165) is 12.1 Å². The van der Waals surface area contributed by atoms with E-state index in [1.807, 2.05) is 4.90 Å². The number of nitrogens with zero attached hydrogens (tertiary/aromatic N) is 2. The van der Waals surface area contributed by atoms with Crippen molar-refractivity contribution in [2.45, 2.75) is 12.7 Å². The molecule has 0 unspecified atom stereocenters. The number of benzene rings is 1. The van der Waals surface area contributed by atoms with Crippen molar-refractivity contribution < 1.29 is 22.7 Å². The minimum atomic E-state index is -4.53. The number of H-pyrrole nitrogens is 1. The van der Waals surface area contributed by atoms with Gasteiger partial charge in [-0.2, -0.15) is 13.2 Å². The van der Waals surface area contributed by atoms with E-state index < -0.39 is 17.6 Å². The summed E-state index contributed by atoms with van der Waals surface area (Å²) in [6.07, 6.45) is -4.53. The molecule has 0 bridgehead atoms. The van der Waals surface area contributed by atoms with E-state index in [-0.39, 0.29) is 17.7 Å². The number of halogens is 3. The molecule has 2 aromatic rings. The average molecular weight is 382 g/mol. The van der Waals surface area contributed by atoms with Crippen molar-refractivity contribution in [1.82, 2.24) is 15.3 Å². The van der Waals surface area contributed by atoms with Crippen LogP contribution in [-0.4, -0.2) is 42.2 Å². The van der Waals surface area contributed by atoms with Crippen LogP contribution in [0.1, 0.15) is 21.6 Å². The van der Waals surface area contributed by atoms with Crippen molar-refractivity contribution in [1.29, 1.82) is 0 Å². The molecule has 1 amide bonds. The minimum Gasteiger partial charge on any atom is -0.378 e. The van der Waals surface area contributed by atoms with E-state index in [2.05, 4.69) is 15.3 Å². The molecule has 2 heterocycles. The van der Waals surface area contributed by atoms with Gasteiger partial charge in [-0.15, -0.1) is 0 Å². The third kappa shape index (κ3) is 4.85. The number of rotatable bonds is 4. The maximum atomic E-state index is 12.8. The summed E-state index contributed by atoms with van der Waals surface area (Å²) in [6, 6.07) is 5.36. The largest absolute Gasteiger partial charge is 0.416 e. The Bertz CT molecular complexity index is 876. The summed E-state index contributed by atoms with van der Waals surface area (Å²) in [6.45, 7) is 2.09. The van der Waals surface area contributed by atoms with Crippen molar-refractivity contribution in [2.75, 3.05) is 31.2 Å². The van der Waals surface area contributed by atoms with Gasteiger partial charge < -0.3 is 15.0 Å². The van der Waals surface area contributed by atoms with Crippen LogP contribution in [0.4, 0.5) is 19.1 Å². The molecule has 1 aromatic carbocycles. The van der Waals surface area contributed by atoms with Crippen LogP contribution in [0.2, 0.25) is 0 Å². The number of amides is 1. The fourth-order valence-electron chi connectivity index (χ4n) is 2.62. The molecule has 1 fully saturated rings. The first kappa shape index (κ1) is 18.9. The number of aromatic nitrogens is 2. The van der Waals surface area contributed by atoms with Gasteiger partial charge in [-0.3, -0.25) is 14.6 Å². The first-order valence-electron chi connectivity index (χ1n) is 8.21. The van der Waals surface area contributed by atoms with Crippen molar-refractivity contribution in [3.8, 4) is 0 Å². The highest BCUT2D eigenvalue weighted by atomic mass is 19.4. The van der Waals surface area contributed by atoms with Crippen LogP contribution in [0, 0.1) is 0 Å². The number of morpholine rings is 1. The molecule has 144 valence electrons. The van der Waals surface area contributed by atoms with Gasteiger partial charge in [-0.25, -0.2) is 4.98 Å². The minimum absolute atomic E-state index is 0.0870. The van der Waals surface area contributed by atoms with Crippen LogP contribution in [-0.2, 0) is 17.5 Å². The lowest BCUT2D eigenvalue weighted by Crippen LogP contribution is -2.38. The van der Waals surface area contributed by atoms with Crippen LogP contribution in [0.15, 0.2) is 35.1 Å². The molecule has 0 spiro atoms. The Balaban J connectivity index is 1.70. The quantitative estimate of drug-likeness (QED) is 0.838. The Morgan fingerprint density at radius 1 is 1.26 bits per heavy atom. The van der Waals surface area contributed by atoms with Crippen LogP contribution in [0.5, 0.6) is 0 Å². The SMILES string of the molecule is O=C(NCc1cc(=O)[nH]c(N2CCOCC2)n1)c1cccc(C(F)(F)F)c1. The molecule has 0 radical (unpaired) electrons. The lowest BCUT2D eigenvalue weighted by molar-refractivity contribution is -0.137. The summed E-state index contributed by atoms with van der Waals surface area (Å²) < 4.78 is 43.5. The number of alkyl halides is 3. The average Bonchev–Trinajstić information content (AvgIpc) is 2.66. The molecular formula is C17H17F3N4O3. The van der Waals surface area contributed by atoms with Crippen molar-refractivity contribution in [2.24, 2.45) is 0 Å². The lowest BCUT2D eigenvalue weighted by atomic mass is 10.1. The number of anilines is 1. The van der Waals surface area contributed by atoms with Crippen molar-refractivity contribution in [3.63, 3.8) is 0 Å². The van der Waals surface area contributed by atoms with Gasteiger partial charge in [0.05, 0.1) is 31.0 Å². The van der Waals surface area contributed by atoms with E-state index in [1.54, 1.807) is 0 Å². The maximum absolute atomic E-state index is 12.8. The monoisotopic (exact) mass is 382 g/mol. The van der Waals surface area contributed by atoms with E-state index >= 15 is 0 Å². The first-order chi connectivity index (χ1) is 12.8. The molecule has 7 nitrogen and oxygen atoms in total. The third-order valence-electron chi connectivity index (χ3n) is 3.97. The van der Waals surface area contributed by atoms with Crippen LogP contribution in [0.25, 0.3) is 0 Å². The predicted octanol–water partition coefficient (Wildman–Crippen LogP) is 1.56. The molecule has 2 N–H and O–H groups in total.